The molecule has 1 fully saturated rings. The Kier molecular flexibility index (Phi) is 22.8. The normalized spacial score (nSPS) is 11.0. The summed E-state index contributed by atoms with van der Waals surface area (Å²) < 4.78 is 0. The van der Waals surface area contributed by atoms with Gasteiger partial charge in [-0.05, 0) is 85.9 Å². The number of hydrogen-bond donors (Lipinski definition) is 0. The van der Waals surface area contributed by atoms with Crippen LogP contribution in [0.4, 0.5) is 0 Å². The molecule has 0 atom stereocenters. The molecule has 5 radical (unpaired) electrons. The van der Waals surface area contributed by atoms with Crippen molar-refractivity contribution in [1.29, 1.82) is 0 Å². The first-order valence-electron chi connectivity index (χ1n) is 15.8. The van der Waals surface area contributed by atoms with Crippen molar-refractivity contribution in [2.24, 2.45) is 0 Å². The first-order chi connectivity index (χ1) is 23.8. The molecule has 6 aromatic rings. The maximum absolute atomic E-state index is 6.16. The fourth-order valence-electron chi connectivity index (χ4n) is 4.74. The Morgan fingerprint density at radius 2 is 0.580 bits per heavy atom. The minimum atomic E-state index is -0.446. The fourth-order valence-corrected chi connectivity index (χ4v) is 9.35. The molecule has 1 saturated carbocycles. The molecule has 0 spiro atoms. The summed E-state index contributed by atoms with van der Waals surface area (Å²) in [5.74, 6) is 0. The third-order valence-electron chi connectivity index (χ3n) is 6.86. The largest absolute Gasteiger partial charge is 2.00 e. The predicted molar refractivity (Wildman–Crippen MR) is 213 cm³/mol. The van der Waals surface area contributed by atoms with E-state index in [0.717, 1.165) is 0 Å². The van der Waals surface area contributed by atoms with Gasteiger partial charge in [0.2, 0.25) is 6.54 Å². The van der Waals surface area contributed by atoms with Crippen LogP contribution in [0.3, 0.4) is 0 Å². The molecular weight excluding hydrogens is 844 g/mol. The molecule has 249 valence electrons. The minimum Gasteiger partial charge on any atom is -1.00 e. The zero-order valence-electron chi connectivity index (χ0n) is 27.8. The van der Waals surface area contributed by atoms with Crippen molar-refractivity contribution in [3.8, 4) is 0 Å². The van der Waals surface area contributed by atoms with Crippen LogP contribution < -0.4 is 55.8 Å². The Labute approximate surface area is 333 Å². The summed E-state index contributed by atoms with van der Waals surface area (Å²) in [6.45, 7) is 9.94. The second kappa shape index (κ2) is 26.6. The topological polar surface area (TPSA) is 4.36 Å². The molecule has 0 aliphatic heterocycles. The summed E-state index contributed by atoms with van der Waals surface area (Å²) in [5, 5.41) is 8.39. The van der Waals surface area contributed by atoms with Crippen molar-refractivity contribution >= 4 is 47.7 Å². The minimum absolute atomic E-state index is 0. The molecule has 0 N–H and O–H groups in total. The summed E-state index contributed by atoms with van der Waals surface area (Å²) in [5.41, 5.74) is 0. The summed E-state index contributed by atoms with van der Waals surface area (Å²) >= 11 is 0. The Balaban J connectivity index is 0.000000264. The summed E-state index contributed by atoms with van der Waals surface area (Å²) in [4.78, 5) is 2.99. The monoisotopic (exact) mass is 885 g/mol. The summed E-state index contributed by atoms with van der Waals surface area (Å²) in [7, 11) is -0.892. The molecule has 5 heteroatoms. The van der Waals surface area contributed by atoms with Gasteiger partial charge in [-0.3, -0.25) is 0 Å². The van der Waals surface area contributed by atoms with Crippen molar-refractivity contribution < 1.29 is 43.5 Å². The molecule has 1 aliphatic carbocycles. The predicted octanol–water partition coefficient (Wildman–Crippen LogP) is 6.00. The second-order valence-electron chi connectivity index (χ2n) is 10.3. The van der Waals surface area contributed by atoms with Crippen LogP contribution in [0.2, 0.25) is 0 Å². The van der Waals surface area contributed by atoms with Crippen LogP contribution in [0, 0.1) is 38.7 Å². The average molecular weight is 885 g/mol. The average Bonchev–Trinajstić information content (AvgIpc) is 3.77. The SMILES string of the molecule is [C-]#[N+]CC=C.[CH]1[CH][CH][CH][CH]1.[I-].[Ru+2].c1ccc(P(c2ccccc2)c2ccccc2)cc1.c1ccc(P(c2ccccc2)c2ccccc2)cc1. The maximum Gasteiger partial charge on any atom is 2.00 e. The van der Waals surface area contributed by atoms with Gasteiger partial charge in [0, 0.05) is 0 Å². The van der Waals surface area contributed by atoms with E-state index in [1.807, 2.05) is 32.1 Å². The van der Waals surface area contributed by atoms with Crippen molar-refractivity contribution in [2.75, 3.05) is 6.54 Å². The van der Waals surface area contributed by atoms with Gasteiger partial charge >= 0.3 is 19.5 Å². The van der Waals surface area contributed by atoms with E-state index in [2.05, 4.69) is 193 Å². The standard InChI is InChI=1S/2C18H15P.C5H5.C4H5N.HI.Ru/c2*1-4-10-16(11-5-1)19(17-12-6-2-7-13-17)18-14-8-3-9-15-18;1-2-4-5-3-1;1-3-4-5-2;;/h2*1-15H;1-5H;3H,1,4H2;1H;/q;;;;;+2/p-1. The van der Waals surface area contributed by atoms with E-state index >= 15 is 0 Å². The molecule has 0 bridgehead atoms. The van der Waals surface area contributed by atoms with Gasteiger partial charge < -0.3 is 28.8 Å². The van der Waals surface area contributed by atoms with E-state index in [4.69, 9.17) is 6.57 Å². The molecule has 1 aliphatic rings. The molecule has 7 rings (SSSR count). The zero-order valence-corrected chi connectivity index (χ0v) is 33.5. The van der Waals surface area contributed by atoms with Gasteiger partial charge in [-0.15, -0.1) is 0 Å². The van der Waals surface area contributed by atoms with E-state index in [0.29, 0.717) is 6.54 Å². The summed E-state index contributed by atoms with van der Waals surface area (Å²) in [6, 6.07) is 64.7. The van der Waals surface area contributed by atoms with Crippen molar-refractivity contribution in [2.45, 2.75) is 0 Å². The van der Waals surface area contributed by atoms with Crippen LogP contribution in [-0.4, -0.2) is 6.54 Å². The van der Waals surface area contributed by atoms with Crippen LogP contribution in [-0.2, 0) is 19.5 Å². The zero-order chi connectivity index (χ0) is 33.5. The molecule has 0 aromatic heterocycles. The van der Waals surface area contributed by atoms with Crippen LogP contribution in [0.5, 0.6) is 0 Å². The summed E-state index contributed by atoms with van der Waals surface area (Å²) in [6.07, 6.45) is 11.6. The molecule has 1 nitrogen and oxygen atoms in total. The molecule has 6 aromatic carbocycles. The van der Waals surface area contributed by atoms with E-state index in [1.54, 1.807) is 6.08 Å². The van der Waals surface area contributed by atoms with Gasteiger partial charge in [-0.2, -0.15) is 0 Å². The fraction of sp³-hybridized carbons (Fsp3) is 0.0222. The van der Waals surface area contributed by atoms with Gasteiger partial charge in [-0.25, -0.2) is 6.57 Å². The number of benzene rings is 6. The van der Waals surface area contributed by atoms with Gasteiger partial charge in [0.15, 0.2) is 0 Å². The quantitative estimate of drug-likeness (QED) is 0.0610. The number of halogens is 1. The molecule has 0 saturated heterocycles. The maximum atomic E-state index is 6.16. The van der Waals surface area contributed by atoms with Gasteiger partial charge in [-0.1, -0.05) is 189 Å². The first kappa shape index (κ1) is 42.9. The van der Waals surface area contributed by atoms with E-state index in [1.165, 1.54) is 31.8 Å². The molecule has 0 heterocycles. The Morgan fingerprint density at radius 3 is 0.700 bits per heavy atom. The Hall–Kier alpha value is -3.24. The van der Waals surface area contributed by atoms with Crippen LogP contribution in [0.25, 0.3) is 4.85 Å². The Bertz CT molecular complexity index is 1420. The van der Waals surface area contributed by atoms with Crippen molar-refractivity contribution in [3.63, 3.8) is 0 Å². The molecular formula is C45H40INP2Ru+. The van der Waals surface area contributed by atoms with Gasteiger partial charge in [0.1, 0.15) is 0 Å². The number of rotatable bonds is 7. The molecule has 50 heavy (non-hydrogen) atoms. The molecule has 0 amide bonds. The van der Waals surface area contributed by atoms with Crippen LogP contribution >= 0.6 is 15.8 Å². The van der Waals surface area contributed by atoms with E-state index in [9.17, 15) is 0 Å². The van der Waals surface area contributed by atoms with Gasteiger partial charge in [0.05, 0.1) is 0 Å². The molecule has 0 unspecified atom stereocenters. The smallest absolute Gasteiger partial charge is 1.00 e. The third-order valence-corrected chi connectivity index (χ3v) is 11.7. The van der Waals surface area contributed by atoms with Gasteiger partial charge in [0.25, 0.3) is 0 Å². The Morgan fingerprint density at radius 1 is 0.400 bits per heavy atom. The van der Waals surface area contributed by atoms with E-state index in [-0.39, 0.29) is 43.5 Å². The number of nitrogens with zero attached hydrogens (tertiary/aromatic N) is 1. The van der Waals surface area contributed by atoms with Crippen LogP contribution in [0.1, 0.15) is 0 Å². The first-order valence-corrected chi connectivity index (χ1v) is 18.5. The van der Waals surface area contributed by atoms with Crippen molar-refractivity contribution in [3.05, 3.63) is 238 Å². The van der Waals surface area contributed by atoms with Crippen LogP contribution in [0.15, 0.2) is 195 Å². The third kappa shape index (κ3) is 14.9. The number of hydrogen-bond acceptors (Lipinski definition) is 0. The van der Waals surface area contributed by atoms with E-state index < -0.39 is 15.8 Å². The second-order valence-corrected chi connectivity index (χ2v) is 14.7. The van der Waals surface area contributed by atoms with Crippen molar-refractivity contribution in [1.82, 2.24) is 0 Å².